The van der Waals surface area contributed by atoms with E-state index in [9.17, 15) is 4.79 Å². The van der Waals surface area contributed by atoms with E-state index >= 15 is 0 Å². The van der Waals surface area contributed by atoms with Crippen LogP contribution in [0.15, 0.2) is 30.3 Å². The quantitative estimate of drug-likeness (QED) is 0.781. The lowest BCUT2D eigenvalue weighted by molar-refractivity contribution is 0.0600. The number of methoxy groups -OCH3 is 3. The van der Waals surface area contributed by atoms with Crippen LogP contribution < -0.4 is 9.47 Å². The van der Waals surface area contributed by atoms with Crippen molar-refractivity contribution in [2.45, 2.75) is 0 Å². The fraction of sp³-hybridized carbons (Fsp3) is 0.214. The van der Waals surface area contributed by atoms with E-state index in [1.807, 2.05) is 18.2 Å². The Hall–Kier alpha value is -2.23. The summed E-state index contributed by atoms with van der Waals surface area (Å²) in [6, 6.07) is 9.03. The van der Waals surface area contributed by atoms with Crippen LogP contribution in [0.25, 0.3) is 10.8 Å². The van der Waals surface area contributed by atoms with Gasteiger partial charge in [-0.2, -0.15) is 0 Å². The maximum atomic E-state index is 11.6. The topological polar surface area (TPSA) is 44.8 Å². The lowest BCUT2D eigenvalue weighted by Gasteiger charge is -2.11. The van der Waals surface area contributed by atoms with E-state index in [-0.39, 0.29) is 0 Å². The van der Waals surface area contributed by atoms with Crippen LogP contribution in [0.2, 0.25) is 0 Å². The molecule has 0 aliphatic heterocycles. The number of hydrogen-bond donors (Lipinski definition) is 0. The van der Waals surface area contributed by atoms with Crippen LogP contribution in [-0.4, -0.2) is 27.3 Å². The third kappa shape index (κ3) is 1.97. The van der Waals surface area contributed by atoms with Gasteiger partial charge in [0.05, 0.1) is 26.9 Å². The van der Waals surface area contributed by atoms with E-state index in [0.717, 1.165) is 10.8 Å². The Morgan fingerprint density at radius 3 is 2.28 bits per heavy atom. The molecule has 0 spiro atoms. The molecule has 0 saturated heterocycles. The highest BCUT2D eigenvalue weighted by molar-refractivity contribution is 6.00. The maximum absolute atomic E-state index is 11.6. The van der Waals surface area contributed by atoms with Crippen LogP contribution in [-0.2, 0) is 4.74 Å². The normalized spacial score (nSPS) is 10.2. The number of carbonyl (C=O) groups excluding carboxylic acids is 1. The molecular formula is C14H14O4. The molecule has 0 bridgehead atoms. The fourth-order valence-electron chi connectivity index (χ4n) is 1.91. The van der Waals surface area contributed by atoms with Crippen molar-refractivity contribution in [1.82, 2.24) is 0 Å². The van der Waals surface area contributed by atoms with Crippen molar-refractivity contribution >= 4 is 16.7 Å². The summed E-state index contributed by atoms with van der Waals surface area (Å²) in [5, 5.41) is 1.71. The minimum atomic E-state index is -0.402. The lowest BCUT2D eigenvalue weighted by atomic mass is 10.0. The fourth-order valence-corrected chi connectivity index (χ4v) is 1.91. The zero-order valence-corrected chi connectivity index (χ0v) is 10.5. The van der Waals surface area contributed by atoms with Crippen LogP contribution in [0, 0.1) is 0 Å². The summed E-state index contributed by atoms with van der Waals surface area (Å²) in [6.07, 6.45) is 0. The van der Waals surface area contributed by atoms with Crippen LogP contribution >= 0.6 is 0 Å². The molecule has 2 aromatic rings. The van der Waals surface area contributed by atoms with Gasteiger partial charge in [-0.15, -0.1) is 0 Å². The Labute approximate surface area is 105 Å². The van der Waals surface area contributed by atoms with Crippen LogP contribution in [0.4, 0.5) is 0 Å². The van der Waals surface area contributed by atoms with Gasteiger partial charge in [0.25, 0.3) is 0 Å². The van der Waals surface area contributed by atoms with Gasteiger partial charge in [-0.05, 0) is 18.2 Å². The van der Waals surface area contributed by atoms with Crippen molar-refractivity contribution in [3.63, 3.8) is 0 Å². The SMILES string of the molecule is COC(=O)c1cc(OC)c2cccc(OC)c2c1. The Morgan fingerprint density at radius 2 is 1.67 bits per heavy atom. The van der Waals surface area contributed by atoms with Crippen molar-refractivity contribution in [2.75, 3.05) is 21.3 Å². The van der Waals surface area contributed by atoms with Crippen molar-refractivity contribution < 1.29 is 19.0 Å². The minimum absolute atomic E-state index is 0.402. The van der Waals surface area contributed by atoms with Gasteiger partial charge in [-0.25, -0.2) is 4.79 Å². The summed E-state index contributed by atoms with van der Waals surface area (Å²) >= 11 is 0. The molecule has 0 N–H and O–H groups in total. The van der Waals surface area contributed by atoms with Gasteiger partial charge >= 0.3 is 5.97 Å². The highest BCUT2D eigenvalue weighted by atomic mass is 16.5. The Morgan fingerprint density at radius 1 is 0.944 bits per heavy atom. The monoisotopic (exact) mass is 246 g/mol. The summed E-state index contributed by atoms with van der Waals surface area (Å²) in [5.74, 6) is 0.907. The molecule has 18 heavy (non-hydrogen) atoms. The largest absolute Gasteiger partial charge is 0.496 e. The standard InChI is InChI=1S/C14H14O4/c1-16-12-6-4-5-10-11(12)7-9(14(15)18-3)8-13(10)17-2/h4-8H,1-3H3. The molecule has 0 aliphatic rings. The zero-order chi connectivity index (χ0) is 13.1. The van der Waals surface area contributed by atoms with Gasteiger partial charge in [0, 0.05) is 10.8 Å². The summed E-state index contributed by atoms with van der Waals surface area (Å²) < 4.78 is 15.3. The number of rotatable bonds is 3. The van der Waals surface area contributed by atoms with E-state index in [0.29, 0.717) is 17.1 Å². The molecule has 0 saturated carbocycles. The van der Waals surface area contributed by atoms with E-state index in [4.69, 9.17) is 14.2 Å². The van der Waals surface area contributed by atoms with Crippen molar-refractivity contribution in [1.29, 1.82) is 0 Å². The average Bonchev–Trinajstić information content (AvgIpc) is 2.44. The summed E-state index contributed by atoms with van der Waals surface area (Å²) in [7, 11) is 4.50. The molecule has 0 unspecified atom stereocenters. The molecule has 94 valence electrons. The first-order chi connectivity index (χ1) is 8.71. The van der Waals surface area contributed by atoms with E-state index in [1.165, 1.54) is 7.11 Å². The number of hydrogen-bond acceptors (Lipinski definition) is 4. The number of carbonyl (C=O) groups is 1. The average molecular weight is 246 g/mol. The summed E-state index contributed by atoms with van der Waals surface area (Å²) in [5.41, 5.74) is 0.436. The summed E-state index contributed by atoms with van der Waals surface area (Å²) in [6.45, 7) is 0. The van der Waals surface area contributed by atoms with Gasteiger partial charge in [0.2, 0.25) is 0 Å². The molecule has 0 aromatic heterocycles. The second-order valence-corrected chi connectivity index (χ2v) is 3.73. The third-order valence-corrected chi connectivity index (χ3v) is 2.78. The maximum Gasteiger partial charge on any atom is 0.338 e. The molecule has 0 atom stereocenters. The molecule has 0 amide bonds. The highest BCUT2D eigenvalue weighted by Crippen LogP contribution is 2.33. The summed E-state index contributed by atoms with van der Waals surface area (Å²) in [4.78, 5) is 11.6. The van der Waals surface area contributed by atoms with Crippen molar-refractivity contribution in [3.8, 4) is 11.5 Å². The van der Waals surface area contributed by atoms with Gasteiger partial charge < -0.3 is 14.2 Å². The van der Waals surface area contributed by atoms with Crippen molar-refractivity contribution in [2.24, 2.45) is 0 Å². The van der Waals surface area contributed by atoms with Gasteiger partial charge in [-0.1, -0.05) is 12.1 Å². The highest BCUT2D eigenvalue weighted by Gasteiger charge is 2.13. The van der Waals surface area contributed by atoms with Crippen LogP contribution in [0.5, 0.6) is 11.5 Å². The second kappa shape index (κ2) is 4.96. The molecule has 4 heteroatoms. The predicted molar refractivity (Wildman–Crippen MR) is 68.4 cm³/mol. The molecule has 0 heterocycles. The number of ether oxygens (including phenoxy) is 3. The zero-order valence-electron chi connectivity index (χ0n) is 10.5. The number of esters is 1. The predicted octanol–water partition coefficient (Wildman–Crippen LogP) is 2.64. The Kier molecular flexibility index (Phi) is 3.37. The number of fused-ring (bicyclic) bond motifs is 1. The minimum Gasteiger partial charge on any atom is -0.496 e. The molecule has 0 radical (unpaired) electrons. The molecule has 2 rings (SSSR count). The molecule has 2 aromatic carbocycles. The van der Waals surface area contributed by atoms with Gasteiger partial charge in [0.1, 0.15) is 11.5 Å². The Bertz CT molecular complexity index is 590. The first-order valence-electron chi connectivity index (χ1n) is 5.44. The first kappa shape index (κ1) is 12.2. The van der Waals surface area contributed by atoms with E-state index < -0.39 is 5.97 Å². The van der Waals surface area contributed by atoms with Crippen LogP contribution in [0.3, 0.4) is 0 Å². The van der Waals surface area contributed by atoms with Gasteiger partial charge in [0.15, 0.2) is 0 Å². The first-order valence-corrected chi connectivity index (χ1v) is 5.44. The third-order valence-electron chi connectivity index (χ3n) is 2.78. The molecular weight excluding hydrogens is 232 g/mol. The molecule has 0 fully saturated rings. The van der Waals surface area contributed by atoms with Gasteiger partial charge in [-0.3, -0.25) is 0 Å². The van der Waals surface area contributed by atoms with Crippen LogP contribution in [0.1, 0.15) is 10.4 Å². The van der Waals surface area contributed by atoms with Crippen molar-refractivity contribution in [3.05, 3.63) is 35.9 Å². The molecule has 4 nitrogen and oxygen atoms in total. The van der Waals surface area contributed by atoms with E-state index in [1.54, 1.807) is 26.4 Å². The second-order valence-electron chi connectivity index (χ2n) is 3.73. The smallest absolute Gasteiger partial charge is 0.338 e. The number of benzene rings is 2. The Balaban J connectivity index is 2.76. The van der Waals surface area contributed by atoms with E-state index in [2.05, 4.69) is 0 Å². The lowest BCUT2D eigenvalue weighted by Crippen LogP contribution is -2.02. The molecule has 0 aliphatic carbocycles.